The third kappa shape index (κ3) is 3.85. The van der Waals surface area contributed by atoms with Crippen molar-refractivity contribution >= 4 is 27.8 Å². The third-order valence-corrected chi connectivity index (χ3v) is 2.78. The smallest absolute Gasteiger partial charge is 0.328 e. The van der Waals surface area contributed by atoms with Crippen LogP contribution in [0.5, 0.6) is 0 Å². The zero-order valence-electron chi connectivity index (χ0n) is 9.70. The first kappa shape index (κ1) is 13.7. The second-order valence-electron chi connectivity index (χ2n) is 3.47. The molecule has 1 rings (SSSR count). The van der Waals surface area contributed by atoms with Crippen molar-refractivity contribution < 1.29 is 14.3 Å². The van der Waals surface area contributed by atoms with Crippen molar-refractivity contribution in [1.29, 1.82) is 0 Å². The van der Waals surface area contributed by atoms with Gasteiger partial charge in [0.05, 0.1) is 7.11 Å². The fourth-order valence-corrected chi connectivity index (χ4v) is 1.74. The lowest BCUT2D eigenvalue weighted by Crippen LogP contribution is -2.41. The van der Waals surface area contributed by atoms with Crippen LogP contribution >= 0.6 is 15.9 Å². The van der Waals surface area contributed by atoms with Crippen molar-refractivity contribution in [2.75, 3.05) is 7.11 Å². The van der Waals surface area contributed by atoms with Crippen molar-refractivity contribution in [3.8, 4) is 0 Å². The molecule has 0 spiro atoms. The Bertz CT molecular complexity index is 420. The number of rotatable bonds is 4. The maximum atomic E-state index is 11.8. The van der Waals surface area contributed by atoms with E-state index in [1.54, 1.807) is 18.2 Å². The highest BCUT2D eigenvalue weighted by Crippen LogP contribution is 2.11. The van der Waals surface area contributed by atoms with E-state index in [0.717, 1.165) is 4.47 Å². The minimum absolute atomic E-state index is 0.288. The van der Waals surface area contributed by atoms with Gasteiger partial charge in [-0.25, -0.2) is 4.79 Å². The fraction of sp³-hybridized carbons (Fsp3) is 0.333. The summed E-state index contributed by atoms with van der Waals surface area (Å²) in [7, 11) is 1.30. The lowest BCUT2D eigenvalue weighted by molar-refractivity contribution is -0.142. The van der Waals surface area contributed by atoms with E-state index in [1.165, 1.54) is 7.11 Å². The monoisotopic (exact) mass is 299 g/mol. The summed E-state index contributed by atoms with van der Waals surface area (Å²) in [5.74, 6) is -0.723. The number of esters is 1. The lowest BCUT2D eigenvalue weighted by atomic mass is 10.1. The molecule has 0 aliphatic carbocycles. The second-order valence-corrected chi connectivity index (χ2v) is 4.38. The van der Waals surface area contributed by atoms with Gasteiger partial charge < -0.3 is 10.1 Å². The number of nitrogens with one attached hydrogen (secondary N) is 1. The fourth-order valence-electron chi connectivity index (χ4n) is 1.34. The van der Waals surface area contributed by atoms with E-state index in [1.807, 2.05) is 13.0 Å². The molecule has 0 heterocycles. The van der Waals surface area contributed by atoms with Crippen LogP contribution in [0.25, 0.3) is 0 Å². The largest absolute Gasteiger partial charge is 0.467 e. The Morgan fingerprint density at radius 1 is 1.47 bits per heavy atom. The van der Waals surface area contributed by atoms with Crippen LogP contribution in [0, 0.1) is 0 Å². The first-order chi connectivity index (χ1) is 8.08. The maximum absolute atomic E-state index is 11.8. The molecular weight excluding hydrogens is 286 g/mol. The van der Waals surface area contributed by atoms with Gasteiger partial charge in [-0.2, -0.15) is 0 Å². The molecule has 1 aromatic rings. The predicted molar refractivity (Wildman–Crippen MR) is 67.7 cm³/mol. The van der Waals surface area contributed by atoms with E-state index < -0.39 is 12.0 Å². The number of carbonyl (C=O) groups is 2. The van der Waals surface area contributed by atoms with Crippen LogP contribution < -0.4 is 5.32 Å². The number of carbonyl (C=O) groups excluding carboxylic acids is 2. The SMILES string of the molecule is CC[C@H](NC(=O)c1cccc(Br)c1)C(=O)OC. The van der Waals surface area contributed by atoms with Gasteiger partial charge in [-0.3, -0.25) is 4.79 Å². The molecule has 1 N–H and O–H groups in total. The van der Waals surface area contributed by atoms with E-state index in [2.05, 4.69) is 26.0 Å². The summed E-state index contributed by atoms with van der Waals surface area (Å²) in [5.41, 5.74) is 0.502. The summed E-state index contributed by atoms with van der Waals surface area (Å²) in [6.45, 7) is 1.81. The highest BCUT2D eigenvalue weighted by atomic mass is 79.9. The lowest BCUT2D eigenvalue weighted by Gasteiger charge is -2.14. The molecular formula is C12H14BrNO3. The van der Waals surface area contributed by atoms with Crippen molar-refractivity contribution in [2.24, 2.45) is 0 Å². The van der Waals surface area contributed by atoms with E-state index in [0.29, 0.717) is 12.0 Å². The van der Waals surface area contributed by atoms with Crippen LogP contribution in [0.3, 0.4) is 0 Å². The first-order valence-electron chi connectivity index (χ1n) is 5.22. The third-order valence-electron chi connectivity index (χ3n) is 2.29. The number of ether oxygens (including phenoxy) is 1. The average Bonchev–Trinajstić information content (AvgIpc) is 2.34. The molecule has 92 valence electrons. The summed E-state index contributed by atoms with van der Waals surface area (Å²) < 4.78 is 5.42. The zero-order chi connectivity index (χ0) is 12.8. The first-order valence-corrected chi connectivity index (χ1v) is 6.02. The Balaban J connectivity index is 2.74. The van der Waals surface area contributed by atoms with E-state index in [4.69, 9.17) is 0 Å². The maximum Gasteiger partial charge on any atom is 0.328 e. The number of methoxy groups -OCH3 is 1. The van der Waals surface area contributed by atoms with Crippen LogP contribution in [0.2, 0.25) is 0 Å². The van der Waals surface area contributed by atoms with Crippen molar-refractivity contribution in [3.05, 3.63) is 34.3 Å². The molecule has 0 bridgehead atoms. The van der Waals surface area contributed by atoms with Crippen LogP contribution in [0.4, 0.5) is 0 Å². The number of halogens is 1. The summed E-state index contributed by atoms with van der Waals surface area (Å²) in [5, 5.41) is 2.63. The van der Waals surface area contributed by atoms with E-state index in [9.17, 15) is 9.59 Å². The van der Waals surface area contributed by atoms with E-state index >= 15 is 0 Å². The van der Waals surface area contributed by atoms with Gasteiger partial charge in [0, 0.05) is 10.0 Å². The number of hydrogen-bond acceptors (Lipinski definition) is 3. The van der Waals surface area contributed by atoms with Crippen LogP contribution in [0.1, 0.15) is 23.7 Å². The molecule has 0 radical (unpaired) electrons. The van der Waals surface area contributed by atoms with Gasteiger partial charge >= 0.3 is 5.97 Å². The molecule has 0 unspecified atom stereocenters. The molecule has 0 aromatic heterocycles. The van der Waals surface area contributed by atoms with Crippen molar-refractivity contribution in [2.45, 2.75) is 19.4 Å². The molecule has 0 saturated carbocycles. The molecule has 0 aliphatic rings. The molecule has 0 aliphatic heterocycles. The molecule has 0 fully saturated rings. The van der Waals surface area contributed by atoms with Gasteiger partial charge in [0.15, 0.2) is 0 Å². The topological polar surface area (TPSA) is 55.4 Å². The molecule has 4 nitrogen and oxygen atoms in total. The molecule has 1 aromatic carbocycles. The normalized spacial score (nSPS) is 11.7. The van der Waals surface area contributed by atoms with Crippen LogP contribution in [-0.2, 0) is 9.53 Å². The summed E-state index contributed by atoms with van der Waals surface area (Å²) in [6.07, 6.45) is 0.492. The van der Waals surface area contributed by atoms with Crippen LogP contribution in [-0.4, -0.2) is 25.0 Å². The standard InChI is InChI=1S/C12H14BrNO3/c1-3-10(12(16)17-2)14-11(15)8-5-4-6-9(13)7-8/h4-7,10H,3H2,1-2H3,(H,14,15)/t10-/m0/s1. The average molecular weight is 300 g/mol. The van der Waals surface area contributed by atoms with Gasteiger partial charge in [-0.15, -0.1) is 0 Å². The van der Waals surface area contributed by atoms with Crippen molar-refractivity contribution in [1.82, 2.24) is 5.32 Å². The van der Waals surface area contributed by atoms with Gasteiger partial charge in [-0.1, -0.05) is 28.9 Å². The van der Waals surface area contributed by atoms with Gasteiger partial charge in [0.25, 0.3) is 5.91 Å². The second kappa shape index (κ2) is 6.39. The Morgan fingerprint density at radius 2 is 2.18 bits per heavy atom. The molecule has 17 heavy (non-hydrogen) atoms. The Morgan fingerprint density at radius 3 is 2.71 bits per heavy atom. The number of benzene rings is 1. The summed E-state index contributed by atoms with van der Waals surface area (Å²) in [4.78, 5) is 23.2. The molecule has 1 atom stereocenters. The minimum Gasteiger partial charge on any atom is -0.467 e. The highest BCUT2D eigenvalue weighted by Gasteiger charge is 2.19. The Labute approximate surface area is 108 Å². The highest BCUT2D eigenvalue weighted by molar-refractivity contribution is 9.10. The van der Waals surface area contributed by atoms with Gasteiger partial charge in [0.1, 0.15) is 6.04 Å². The van der Waals surface area contributed by atoms with Gasteiger partial charge in [-0.05, 0) is 24.6 Å². The quantitative estimate of drug-likeness (QED) is 0.867. The number of hydrogen-bond donors (Lipinski definition) is 1. The van der Waals surface area contributed by atoms with Crippen LogP contribution in [0.15, 0.2) is 28.7 Å². The predicted octanol–water partition coefficient (Wildman–Crippen LogP) is 2.13. The molecule has 1 amide bonds. The molecule has 5 heteroatoms. The summed E-state index contributed by atoms with van der Waals surface area (Å²) in [6, 6.07) is 6.36. The Kier molecular flexibility index (Phi) is 5.15. The Hall–Kier alpha value is -1.36. The molecule has 0 saturated heterocycles. The number of amides is 1. The van der Waals surface area contributed by atoms with Gasteiger partial charge in [0.2, 0.25) is 0 Å². The summed E-state index contributed by atoms with van der Waals surface area (Å²) >= 11 is 3.28. The minimum atomic E-state index is -0.605. The van der Waals surface area contributed by atoms with E-state index in [-0.39, 0.29) is 5.91 Å². The zero-order valence-corrected chi connectivity index (χ0v) is 11.3. The van der Waals surface area contributed by atoms with Crippen molar-refractivity contribution in [3.63, 3.8) is 0 Å².